The van der Waals surface area contributed by atoms with E-state index >= 15 is 0 Å². The molecular weight excluding hydrogens is 348 g/mol. The summed E-state index contributed by atoms with van der Waals surface area (Å²) < 4.78 is 17.4. The highest BCUT2D eigenvalue weighted by Gasteiger charge is 2.40. The summed E-state index contributed by atoms with van der Waals surface area (Å²) in [6.45, 7) is 2.18. The zero-order valence-corrected chi connectivity index (χ0v) is 15.8. The molecule has 0 saturated heterocycles. The van der Waals surface area contributed by atoms with Gasteiger partial charge in [0.2, 0.25) is 0 Å². The summed E-state index contributed by atoms with van der Waals surface area (Å²) in [5, 5.41) is 3.68. The molecule has 0 amide bonds. The predicted molar refractivity (Wildman–Crippen MR) is 101 cm³/mol. The zero-order valence-electron chi connectivity index (χ0n) is 14.9. The van der Waals surface area contributed by atoms with Gasteiger partial charge in [0.15, 0.2) is 11.5 Å². The van der Waals surface area contributed by atoms with Gasteiger partial charge in [-0.3, -0.25) is 0 Å². The molecule has 3 atom stereocenters. The molecule has 0 radical (unpaired) electrons. The van der Waals surface area contributed by atoms with Crippen LogP contribution >= 0.6 is 11.3 Å². The summed E-state index contributed by atoms with van der Waals surface area (Å²) in [7, 11) is 1.67. The first kappa shape index (κ1) is 17.2. The molecule has 0 bridgehead atoms. The highest BCUT2D eigenvalue weighted by molar-refractivity contribution is 7.08. The highest BCUT2D eigenvalue weighted by Crippen LogP contribution is 2.49. The third-order valence-corrected chi connectivity index (χ3v) is 5.69. The van der Waals surface area contributed by atoms with Gasteiger partial charge in [0.25, 0.3) is 0 Å². The van der Waals surface area contributed by atoms with Crippen molar-refractivity contribution in [3.8, 4) is 11.5 Å². The zero-order chi connectivity index (χ0) is 18.1. The minimum absolute atomic E-state index is 0.0258. The Morgan fingerprint density at radius 1 is 1.31 bits per heavy atom. The van der Waals surface area contributed by atoms with Gasteiger partial charge in [-0.05, 0) is 35.6 Å². The lowest BCUT2D eigenvalue weighted by molar-refractivity contribution is 0.0282. The lowest BCUT2D eigenvalue weighted by Gasteiger charge is -2.26. The van der Waals surface area contributed by atoms with Crippen LogP contribution in [0.3, 0.4) is 0 Å². The Hall–Kier alpha value is -2.27. The minimum atomic E-state index is -0.279. The summed E-state index contributed by atoms with van der Waals surface area (Å²) in [6, 6.07) is 5.91. The fraction of sp³-hybridized carbons (Fsp3) is 0.381. The third kappa shape index (κ3) is 3.01. The lowest BCUT2D eigenvalue weighted by Crippen LogP contribution is -2.30. The van der Waals surface area contributed by atoms with E-state index in [1.54, 1.807) is 13.2 Å². The van der Waals surface area contributed by atoms with Crippen LogP contribution in [0.4, 0.5) is 0 Å². The number of aryl methyl sites for hydroxylation is 1. The van der Waals surface area contributed by atoms with Gasteiger partial charge in [0, 0.05) is 23.3 Å². The number of esters is 1. The third-order valence-electron chi connectivity index (χ3n) is 5.01. The molecule has 3 unspecified atom stereocenters. The summed E-state index contributed by atoms with van der Waals surface area (Å²) in [6.07, 6.45) is 6.59. The number of thiophene rings is 1. The van der Waals surface area contributed by atoms with E-state index in [1.807, 2.05) is 22.9 Å². The normalized spacial score (nSPS) is 23.1. The molecule has 1 aliphatic heterocycles. The Balaban J connectivity index is 1.56. The molecule has 1 aromatic heterocycles. The molecule has 26 heavy (non-hydrogen) atoms. The largest absolute Gasteiger partial charge is 0.493 e. The van der Waals surface area contributed by atoms with Crippen LogP contribution in [-0.4, -0.2) is 25.3 Å². The molecule has 0 fully saturated rings. The topological polar surface area (TPSA) is 44.8 Å². The minimum Gasteiger partial charge on any atom is -0.493 e. The van der Waals surface area contributed by atoms with E-state index in [-0.39, 0.29) is 24.1 Å². The number of ether oxygens (including phenoxy) is 3. The number of fused-ring (bicyclic) bond motifs is 3. The molecule has 2 aliphatic rings. The van der Waals surface area contributed by atoms with E-state index in [2.05, 4.69) is 19.1 Å². The number of methoxy groups -OCH3 is 1. The van der Waals surface area contributed by atoms with Gasteiger partial charge < -0.3 is 14.2 Å². The molecule has 4 nitrogen and oxygen atoms in total. The molecule has 2 heterocycles. The molecule has 1 aromatic carbocycles. The molecule has 2 aromatic rings. The monoisotopic (exact) mass is 370 g/mol. The molecule has 5 heteroatoms. The molecule has 0 saturated carbocycles. The van der Waals surface area contributed by atoms with Crippen LogP contribution in [0.2, 0.25) is 0 Å². The van der Waals surface area contributed by atoms with E-state index in [0.29, 0.717) is 12.0 Å². The highest BCUT2D eigenvalue weighted by atomic mass is 32.1. The van der Waals surface area contributed by atoms with Crippen LogP contribution in [0.25, 0.3) is 0 Å². The maximum absolute atomic E-state index is 12.2. The smallest absolute Gasteiger partial charge is 0.339 e. The summed E-state index contributed by atoms with van der Waals surface area (Å²) >= 11 is 1.49. The van der Waals surface area contributed by atoms with Gasteiger partial charge in [-0.2, -0.15) is 11.3 Å². The van der Waals surface area contributed by atoms with E-state index in [4.69, 9.17) is 14.2 Å². The van der Waals surface area contributed by atoms with Gasteiger partial charge in [-0.15, -0.1) is 0 Å². The number of carbonyl (C=O) groups excluding carboxylic acids is 1. The first-order valence-corrected chi connectivity index (χ1v) is 9.93. The van der Waals surface area contributed by atoms with Crippen LogP contribution in [0.5, 0.6) is 11.5 Å². The average molecular weight is 370 g/mol. The second kappa shape index (κ2) is 7.16. The molecule has 4 rings (SSSR count). The van der Waals surface area contributed by atoms with Crippen molar-refractivity contribution in [1.29, 1.82) is 0 Å². The van der Waals surface area contributed by atoms with Crippen LogP contribution in [0, 0.1) is 0 Å². The van der Waals surface area contributed by atoms with Crippen molar-refractivity contribution in [1.82, 2.24) is 0 Å². The Morgan fingerprint density at radius 2 is 2.19 bits per heavy atom. The van der Waals surface area contributed by atoms with E-state index in [1.165, 1.54) is 22.5 Å². The number of rotatable bonds is 5. The quantitative estimate of drug-likeness (QED) is 0.563. The number of carbonyl (C=O) groups is 1. The van der Waals surface area contributed by atoms with Crippen molar-refractivity contribution < 1.29 is 19.0 Å². The number of hydrogen-bond donors (Lipinski definition) is 0. The number of benzene rings is 1. The Morgan fingerprint density at radius 3 is 2.92 bits per heavy atom. The second-order valence-corrected chi connectivity index (χ2v) is 7.46. The fourth-order valence-electron chi connectivity index (χ4n) is 3.81. The first-order chi connectivity index (χ1) is 12.7. The maximum atomic E-state index is 12.2. The average Bonchev–Trinajstić information content (AvgIpc) is 3.30. The summed E-state index contributed by atoms with van der Waals surface area (Å²) in [5.74, 6) is 1.54. The van der Waals surface area contributed by atoms with Crippen molar-refractivity contribution in [2.24, 2.45) is 0 Å². The Bertz CT molecular complexity index is 825. The summed E-state index contributed by atoms with van der Waals surface area (Å²) in [4.78, 5) is 12.2. The van der Waals surface area contributed by atoms with Gasteiger partial charge in [-0.25, -0.2) is 4.79 Å². The molecule has 0 N–H and O–H groups in total. The van der Waals surface area contributed by atoms with Crippen LogP contribution in [0.15, 0.2) is 41.1 Å². The maximum Gasteiger partial charge on any atom is 0.339 e. The van der Waals surface area contributed by atoms with Crippen LogP contribution in [0.1, 0.15) is 47.2 Å². The van der Waals surface area contributed by atoms with Crippen molar-refractivity contribution in [2.45, 2.75) is 44.3 Å². The predicted octanol–water partition coefficient (Wildman–Crippen LogP) is 4.74. The van der Waals surface area contributed by atoms with Crippen molar-refractivity contribution >= 4 is 17.3 Å². The standard InChI is InChI=1S/C21H22O4S/c1-3-4-13-5-8-17(23-2)20-19(13)16-7-6-15(11-18(16)25-20)24-21(22)14-9-10-26-12-14/h5-10,12,15-16,18H,3-4,11H2,1-2H3. The molecule has 136 valence electrons. The first-order valence-electron chi connectivity index (χ1n) is 8.99. The van der Waals surface area contributed by atoms with Crippen LogP contribution in [-0.2, 0) is 11.2 Å². The van der Waals surface area contributed by atoms with E-state index < -0.39 is 0 Å². The second-order valence-electron chi connectivity index (χ2n) is 6.68. The molecule has 0 spiro atoms. The lowest BCUT2D eigenvalue weighted by atomic mass is 9.84. The van der Waals surface area contributed by atoms with Crippen molar-refractivity contribution in [3.05, 3.63) is 57.8 Å². The van der Waals surface area contributed by atoms with Crippen LogP contribution < -0.4 is 9.47 Å². The molecular formula is C21H22O4S. The SMILES string of the molecule is CCCc1ccc(OC)c2c1C1C=CC(OC(=O)c3ccsc3)CC1O2. The van der Waals surface area contributed by atoms with Gasteiger partial charge >= 0.3 is 5.97 Å². The van der Waals surface area contributed by atoms with Crippen molar-refractivity contribution in [2.75, 3.05) is 7.11 Å². The fourth-order valence-corrected chi connectivity index (χ4v) is 4.43. The van der Waals surface area contributed by atoms with Gasteiger partial charge in [0.05, 0.1) is 12.7 Å². The van der Waals surface area contributed by atoms with Gasteiger partial charge in [0.1, 0.15) is 12.2 Å². The van der Waals surface area contributed by atoms with E-state index in [9.17, 15) is 4.79 Å². The molecule has 1 aliphatic carbocycles. The Kier molecular flexibility index (Phi) is 4.72. The number of hydrogen-bond acceptors (Lipinski definition) is 5. The van der Waals surface area contributed by atoms with E-state index in [0.717, 1.165) is 24.3 Å². The summed E-state index contributed by atoms with van der Waals surface area (Å²) in [5.41, 5.74) is 3.15. The van der Waals surface area contributed by atoms with Gasteiger partial charge in [-0.1, -0.05) is 25.5 Å². The van der Waals surface area contributed by atoms with Crippen molar-refractivity contribution in [3.63, 3.8) is 0 Å². The Labute approximate surface area is 157 Å².